The van der Waals surface area contributed by atoms with E-state index in [0.717, 1.165) is 75.5 Å². The average Bonchev–Trinajstić information content (AvgIpc) is 3.52. The van der Waals surface area contributed by atoms with Gasteiger partial charge in [0.15, 0.2) is 0 Å². The van der Waals surface area contributed by atoms with Gasteiger partial charge in [-0.2, -0.15) is 0 Å². The van der Waals surface area contributed by atoms with E-state index in [0.29, 0.717) is 5.75 Å². The number of fused-ring (bicyclic) bond motifs is 1. The maximum absolute atomic E-state index is 8.63. The summed E-state index contributed by atoms with van der Waals surface area (Å²) in [5.74, 6) is 2.06. The fourth-order valence-electron chi connectivity index (χ4n) is 5.05. The first-order valence-electron chi connectivity index (χ1n) is 22.1. The summed E-state index contributed by atoms with van der Waals surface area (Å²) in [6, 6.07) is 86.5. The maximum atomic E-state index is 8.63. The normalized spacial score (nSPS) is 7.97. The minimum absolute atomic E-state index is 0.322. The van der Waals surface area contributed by atoms with Gasteiger partial charge in [0.25, 0.3) is 0 Å². The third-order valence-electron chi connectivity index (χ3n) is 7.74. The van der Waals surface area contributed by atoms with Crippen LogP contribution in [0.2, 0.25) is 0 Å². The van der Waals surface area contributed by atoms with Gasteiger partial charge in [0.05, 0.1) is 0 Å². The minimum atomic E-state index is 0.322. The molecule has 0 radical (unpaired) electrons. The molecule has 73 heavy (non-hydrogen) atoms. The lowest BCUT2D eigenvalue weighted by Gasteiger charge is -2.03. The van der Waals surface area contributed by atoms with E-state index in [1.807, 2.05) is 91.0 Å². The monoisotopic (exact) mass is 1020 g/mol. The highest BCUT2D eigenvalue weighted by Crippen LogP contribution is 2.26. The molecule has 0 atom stereocenters. The number of hydrogen-bond donors (Lipinski definition) is 10. The summed E-state index contributed by atoms with van der Waals surface area (Å²) in [4.78, 5) is 2.57. The van der Waals surface area contributed by atoms with Gasteiger partial charge in [0.2, 0.25) is 0 Å². The number of para-hydroxylation sites is 3. The summed E-state index contributed by atoms with van der Waals surface area (Å²) in [5, 5.41) is 74.3. The van der Waals surface area contributed by atoms with Gasteiger partial charge in [-0.05, 0) is 82.6 Å². The number of aromatic hydroxyl groups is 1. The summed E-state index contributed by atoms with van der Waals surface area (Å²) >= 11 is 1.79. The Morgan fingerprint density at radius 3 is 0.644 bits per heavy atom. The highest BCUT2D eigenvalue weighted by atomic mass is 32.2. The van der Waals surface area contributed by atoms with Crippen LogP contribution in [-0.4, -0.2) is 115 Å². The molecule has 0 aromatic heterocycles. The Kier molecular flexibility index (Phi) is 64.4. The minimum Gasteiger partial charge on any atom is -0.508 e. The third kappa shape index (κ3) is 41.2. The van der Waals surface area contributed by atoms with Crippen LogP contribution in [-0.2, 0) is 0 Å². The second kappa shape index (κ2) is 62.8. The molecular weight excluding hydrogens is 941 g/mol. The molecular formula is C61H80O11S. The van der Waals surface area contributed by atoms with Crippen LogP contribution in [0.15, 0.2) is 271 Å². The zero-order valence-electron chi connectivity index (χ0n) is 43.6. The zero-order valence-corrected chi connectivity index (χ0v) is 44.4. The van der Waals surface area contributed by atoms with E-state index in [1.54, 1.807) is 36.0 Å². The summed E-state index contributed by atoms with van der Waals surface area (Å²) in [7, 11) is 9.00. The molecule has 0 unspecified atom stereocenters. The van der Waals surface area contributed by atoms with Crippen molar-refractivity contribution in [2.75, 3.05) is 64.0 Å². The second-order valence-corrected chi connectivity index (χ2v) is 13.0. The molecule has 9 aromatic rings. The molecule has 0 bridgehead atoms. The molecule has 0 aliphatic carbocycles. The van der Waals surface area contributed by atoms with Crippen LogP contribution in [0, 0.1) is 0 Å². The number of aliphatic hydroxyl groups is 9. The lowest BCUT2D eigenvalue weighted by molar-refractivity contribution is 0.399. The van der Waals surface area contributed by atoms with Crippen molar-refractivity contribution in [3.63, 3.8) is 0 Å². The number of rotatable bonds is 5. The summed E-state index contributed by atoms with van der Waals surface area (Å²) in [6.45, 7) is 0. The summed E-state index contributed by atoms with van der Waals surface area (Å²) < 4.78 is 5.58. The first-order chi connectivity index (χ1) is 36.2. The molecule has 0 spiro atoms. The van der Waals surface area contributed by atoms with Crippen LogP contribution < -0.4 is 4.74 Å². The fourth-order valence-corrected chi connectivity index (χ4v) is 5.91. The molecule has 9 rings (SSSR count). The lowest BCUT2D eigenvalue weighted by atomic mass is 10.1. The van der Waals surface area contributed by atoms with Crippen molar-refractivity contribution >= 4 is 22.5 Å². The Bertz CT molecular complexity index is 2070. The molecule has 9 aromatic carbocycles. The van der Waals surface area contributed by atoms with Crippen molar-refractivity contribution in [1.29, 1.82) is 0 Å². The molecule has 10 N–H and O–H groups in total. The predicted octanol–water partition coefficient (Wildman–Crippen LogP) is 11.4. The molecule has 0 fully saturated rings. The van der Waals surface area contributed by atoms with Gasteiger partial charge < -0.3 is 55.8 Å². The number of phenolic OH excluding ortho intramolecular Hbond substituents is 1. The van der Waals surface area contributed by atoms with Gasteiger partial charge in [-0.3, -0.25) is 0 Å². The van der Waals surface area contributed by atoms with Crippen LogP contribution >= 0.6 is 11.8 Å². The summed E-state index contributed by atoms with van der Waals surface area (Å²) in [6.07, 6.45) is 0. The predicted molar refractivity (Wildman–Crippen MR) is 307 cm³/mol. The van der Waals surface area contributed by atoms with Crippen LogP contribution in [0.5, 0.6) is 17.2 Å². The van der Waals surface area contributed by atoms with Gasteiger partial charge >= 0.3 is 0 Å². The van der Waals surface area contributed by atoms with Crippen molar-refractivity contribution in [1.82, 2.24) is 0 Å². The van der Waals surface area contributed by atoms with E-state index in [2.05, 4.69) is 146 Å². The quantitative estimate of drug-likeness (QED) is 0.0780. The van der Waals surface area contributed by atoms with Gasteiger partial charge in [0, 0.05) is 73.8 Å². The standard InChI is InChI=1S/C12H10O.C12H10S.C12H10.C10H8.C6H6O.9CH4O/c2*1-3-7-11(8-4-1)13-12-9-5-2-6-10-12;1-3-7-11(8-4-1)12-9-5-2-6-10-12;1-2-6-10-8-4-3-7-9(10)5-1;7-6-4-2-1-3-5-6;9*1-2/h2*1-10H;1-10H;1-8H;1-5,7H;9*2H,1H3. The molecule has 0 saturated heterocycles. The topological polar surface area (TPSA) is 212 Å². The molecule has 0 amide bonds. The van der Waals surface area contributed by atoms with Crippen LogP contribution in [0.3, 0.4) is 0 Å². The Morgan fingerprint density at radius 2 is 0.425 bits per heavy atom. The fraction of sp³-hybridized carbons (Fsp3) is 0.148. The Morgan fingerprint density at radius 1 is 0.233 bits per heavy atom. The SMILES string of the molecule is CO.CO.CO.CO.CO.CO.CO.CO.CO.Oc1ccccc1.c1ccc(-c2ccccc2)cc1.c1ccc(Oc2ccccc2)cc1.c1ccc(Sc2ccccc2)cc1.c1ccc2ccccc2c1. The molecule has 12 heteroatoms. The molecule has 0 aliphatic rings. The third-order valence-corrected chi connectivity index (χ3v) is 8.76. The first kappa shape index (κ1) is 74.8. The van der Waals surface area contributed by atoms with Crippen LogP contribution in [0.1, 0.15) is 0 Å². The Balaban J connectivity index is -0.000000246. The highest BCUT2D eigenvalue weighted by molar-refractivity contribution is 7.99. The van der Waals surface area contributed by atoms with Gasteiger partial charge in [-0.15, -0.1) is 0 Å². The van der Waals surface area contributed by atoms with Gasteiger partial charge in [-0.25, -0.2) is 0 Å². The number of ether oxygens (including phenoxy) is 1. The van der Waals surface area contributed by atoms with E-state index in [4.69, 9.17) is 55.8 Å². The smallest absolute Gasteiger partial charge is 0.127 e. The molecule has 0 heterocycles. The van der Waals surface area contributed by atoms with Crippen molar-refractivity contribution in [2.24, 2.45) is 0 Å². The Labute approximate surface area is 439 Å². The largest absolute Gasteiger partial charge is 0.508 e. The highest BCUT2D eigenvalue weighted by Gasteiger charge is 1.95. The van der Waals surface area contributed by atoms with E-state index >= 15 is 0 Å². The first-order valence-corrected chi connectivity index (χ1v) is 22.9. The van der Waals surface area contributed by atoms with Crippen LogP contribution in [0.25, 0.3) is 21.9 Å². The number of hydrogen-bond acceptors (Lipinski definition) is 12. The van der Waals surface area contributed by atoms with Crippen molar-refractivity contribution in [3.8, 4) is 28.4 Å². The molecule has 0 aliphatic heterocycles. The van der Waals surface area contributed by atoms with Crippen molar-refractivity contribution in [2.45, 2.75) is 9.79 Å². The number of aliphatic hydroxyl groups excluding tert-OH is 9. The van der Waals surface area contributed by atoms with Crippen molar-refractivity contribution < 1.29 is 55.8 Å². The van der Waals surface area contributed by atoms with Crippen LogP contribution in [0.4, 0.5) is 0 Å². The van der Waals surface area contributed by atoms with Crippen molar-refractivity contribution in [3.05, 3.63) is 261 Å². The second-order valence-electron chi connectivity index (χ2n) is 11.9. The van der Waals surface area contributed by atoms with E-state index in [1.165, 1.54) is 31.7 Å². The Hall–Kier alpha value is -7.17. The van der Waals surface area contributed by atoms with E-state index < -0.39 is 0 Å². The number of benzene rings is 9. The summed E-state index contributed by atoms with van der Waals surface area (Å²) in [5.41, 5.74) is 2.55. The average molecular weight is 1020 g/mol. The molecule has 396 valence electrons. The zero-order chi connectivity index (χ0) is 56.0. The van der Waals surface area contributed by atoms with E-state index in [9.17, 15) is 0 Å². The van der Waals surface area contributed by atoms with E-state index in [-0.39, 0.29) is 0 Å². The van der Waals surface area contributed by atoms with Gasteiger partial charge in [-0.1, -0.05) is 212 Å². The maximum Gasteiger partial charge on any atom is 0.127 e. The molecule has 11 nitrogen and oxygen atoms in total. The molecule has 0 saturated carbocycles. The number of phenols is 1. The van der Waals surface area contributed by atoms with Gasteiger partial charge in [0.1, 0.15) is 17.2 Å². The lowest BCUT2D eigenvalue weighted by Crippen LogP contribution is -1.81.